The zero-order valence-electron chi connectivity index (χ0n) is 14.5. The molecule has 0 atom stereocenters. The monoisotopic (exact) mass is 365 g/mol. The van der Waals surface area contributed by atoms with Crippen molar-refractivity contribution in [2.24, 2.45) is 0 Å². The van der Waals surface area contributed by atoms with Crippen LogP contribution in [0.2, 0.25) is 0 Å². The van der Waals surface area contributed by atoms with Gasteiger partial charge in [0.2, 0.25) is 5.91 Å². The Labute approximate surface area is 155 Å². The highest BCUT2D eigenvalue weighted by molar-refractivity contribution is 7.22. The molecular weight excluding hydrogens is 346 g/mol. The number of aromatic nitrogens is 1. The highest BCUT2D eigenvalue weighted by Gasteiger charge is 2.20. The van der Waals surface area contributed by atoms with Crippen LogP contribution >= 0.6 is 11.3 Å². The third-order valence-electron chi connectivity index (χ3n) is 4.61. The highest BCUT2D eigenvalue weighted by Crippen LogP contribution is 2.28. The van der Waals surface area contributed by atoms with Crippen LogP contribution in [0.15, 0.2) is 42.5 Å². The fourth-order valence-corrected chi connectivity index (χ4v) is 4.12. The lowest BCUT2D eigenvalue weighted by Gasteiger charge is -2.26. The van der Waals surface area contributed by atoms with E-state index in [9.17, 15) is 9.59 Å². The van der Waals surface area contributed by atoms with Crippen molar-refractivity contribution in [2.45, 2.75) is 26.2 Å². The van der Waals surface area contributed by atoms with Crippen molar-refractivity contribution >= 4 is 44.2 Å². The normalized spacial score (nSPS) is 14.7. The third kappa shape index (κ3) is 3.20. The van der Waals surface area contributed by atoms with E-state index < -0.39 is 0 Å². The Morgan fingerprint density at radius 2 is 1.96 bits per heavy atom. The van der Waals surface area contributed by atoms with Crippen molar-refractivity contribution in [3.8, 4) is 0 Å². The fourth-order valence-electron chi connectivity index (χ4n) is 3.18. The molecule has 1 aliphatic rings. The zero-order valence-corrected chi connectivity index (χ0v) is 15.3. The van der Waals surface area contributed by atoms with Crippen LogP contribution in [-0.4, -0.2) is 23.3 Å². The molecule has 2 aromatic carbocycles. The molecule has 0 bridgehead atoms. The number of aryl methyl sites for hydroxylation is 1. The second-order valence-electron chi connectivity index (χ2n) is 6.44. The first-order valence-corrected chi connectivity index (χ1v) is 9.51. The van der Waals surface area contributed by atoms with Crippen molar-refractivity contribution in [3.63, 3.8) is 0 Å². The summed E-state index contributed by atoms with van der Waals surface area (Å²) in [5.74, 6) is -0.0449. The minimum absolute atomic E-state index is 0.151. The quantitative estimate of drug-likeness (QED) is 0.749. The average Bonchev–Trinajstić information content (AvgIpc) is 3.06. The molecule has 1 N–H and O–H groups in total. The Morgan fingerprint density at radius 3 is 2.69 bits per heavy atom. The van der Waals surface area contributed by atoms with Gasteiger partial charge in [-0.15, -0.1) is 0 Å². The van der Waals surface area contributed by atoms with E-state index in [1.54, 1.807) is 17.0 Å². The smallest absolute Gasteiger partial charge is 0.257 e. The van der Waals surface area contributed by atoms with Gasteiger partial charge >= 0.3 is 0 Å². The van der Waals surface area contributed by atoms with E-state index >= 15 is 0 Å². The fraction of sp³-hybridized carbons (Fsp3) is 0.250. The molecule has 2 amide bonds. The third-order valence-corrected chi connectivity index (χ3v) is 5.54. The van der Waals surface area contributed by atoms with Gasteiger partial charge in [0.1, 0.15) is 0 Å². The van der Waals surface area contributed by atoms with Gasteiger partial charge in [0.25, 0.3) is 5.91 Å². The molecule has 1 aliphatic heterocycles. The Hall–Kier alpha value is -2.73. The summed E-state index contributed by atoms with van der Waals surface area (Å²) in [6.45, 7) is 2.75. The molecule has 0 saturated carbocycles. The molecule has 4 rings (SSSR count). The molecule has 0 aliphatic carbocycles. The lowest BCUT2D eigenvalue weighted by atomic mass is 10.1. The van der Waals surface area contributed by atoms with Gasteiger partial charge in [-0.2, -0.15) is 0 Å². The van der Waals surface area contributed by atoms with Crippen LogP contribution in [-0.2, 0) is 4.79 Å². The molecule has 2 heterocycles. The number of nitrogens with one attached hydrogen (secondary N) is 1. The topological polar surface area (TPSA) is 62.3 Å². The first kappa shape index (κ1) is 16.7. The molecule has 0 spiro atoms. The largest absolute Gasteiger partial charge is 0.312 e. The Kier molecular flexibility index (Phi) is 4.42. The van der Waals surface area contributed by atoms with Gasteiger partial charge in [-0.25, -0.2) is 4.98 Å². The molecule has 1 saturated heterocycles. The number of hydrogen-bond acceptors (Lipinski definition) is 4. The molecule has 0 unspecified atom stereocenters. The maximum Gasteiger partial charge on any atom is 0.257 e. The van der Waals surface area contributed by atoms with Crippen molar-refractivity contribution in [1.29, 1.82) is 0 Å². The molecule has 1 aromatic heterocycles. The van der Waals surface area contributed by atoms with Gasteiger partial charge < -0.3 is 4.90 Å². The Morgan fingerprint density at radius 1 is 1.15 bits per heavy atom. The summed E-state index contributed by atoms with van der Waals surface area (Å²) in [5, 5.41) is 3.46. The average molecular weight is 365 g/mol. The number of nitrogens with zero attached hydrogens (tertiary/aromatic N) is 2. The van der Waals surface area contributed by atoms with Gasteiger partial charge in [0.05, 0.1) is 10.2 Å². The first-order chi connectivity index (χ1) is 12.6. The number of rotatable bonds is 3. The van der Waals surface area contributed by atoms with E-state index in [4.69, 9.17) is 0 Å². The van der Waals surface area contributed by atoms with Gasteiger partial charge in [-0.3, -0.25) is 14.9 Å². The van der Waals surface area contributed by atoms with Gasteiger partial charge in [-0.1, -0.05) is 23.5 Å². The van der Waals surface area contributed by atoms with E-state index in [0.717, 1.165) is 40.9 Å². The lowest BCUT2D eigenvalue weighted by Crippen LogP contribution is -2.35. The van der Waals surface area contributed by atoms with Crippen LogP contribution in [0, 0.1) is 6.92 Å². The molecule has 6 heteroatoms. The van der Waals surface area contributed by atoms with Crippen LogP contribution < -0.4 is 10.2 Å². The minimum atomic E-state index is -0.196. The van der Waals surface area contributed by atoms with Gasteiger partial charge in [0.15, 0.2) is 5.13 Å². The van der Waals surface area contributed by atoms with Crippen LogP contribution in [0.1, 0.15) is 35.2 Å². The number of fused-ring (bicyclic) bond motifs is 1. The van der Waals surface area contributed by atoms with Crippen LogP contribution in [0.4, 0.5) is 10.8 Å². The second kappa shape index (κ2) is 6.88. The van der Waals surface area contributed by atoms with Crippen molar-refractivity contribution in [3.05, 3.63) is 53.6 Å². The number of hydrogen-bond donors (Lipinski definition) is 1. The van der Waals surface area contributed by atoms with Crippen molar-refractivity contribution < 1.29 is 9.59 Å². The van der Waals surface area contributed by atoms with Crippen LogP contribution in [0.5, 0.6) is 0 Å². The number of para-hydroxylation sites is 1. The van der Waals surface area contributed by atoms with Crippen LogP contribution in [0.3, 0.4) is 0 Å². The minimum Gasteiger partial charge on any atom is -0.312 e. The number of benzene rings is 2. The van der Waals surface area contributed by atoms with Crippen LogP contribution in [0.25, 0.3) is 10.2 Å². The molecule has 132 valence electrons. The molecule has 26 heavy (non-hydrogen) atoms. The summed E-state index contributed by atoms with van der Waals surface area (Å²) in [6.07, 6.45) is 2.57. The van der Waals surface area contributed by atoms with E-state index in [-0.39, 0.29) is 11.8 Å². The number of thiazole rings is 1. The summed E-state index contributed by atoms with van der Waals surface area (Å²) in [6, 6.07) is 13.2. The molecule has 3 aromatic rings. The summed E-state index contributed by atoms with van der Waals surface area (Å²) < 4.78 is 1.05. The highest BCUT2D eigenvalue weighted by atomic mass is 32.1. The lowest BCUT2D eigenvalue weighted by molar-refractivity contribution is -0.119. The van der Waals surface area contributed by atoms with Gasteiger partial charge in [-0.05, 0) is 55.7 Å². The summed E-state index contributed by atoms with van der Waals surface area (Å²) in [4.78, 5) is 30.8. The summed E-state index contributed by atoms with van der Waals surface area (Å²) >= 11 is 1.46. The zero-order chi connectivity index (χ0) is 18.1. The van der Waals surface area contributed by atoms with E-state index in [2.05, 4.69) is 10.3 Å². The number of piperidine rings is 1. The maximum absolute atomic E-state index is 12.5. The predicted octanol–water partition coefficient (Wildman–Crippen LogP) is 4.37. The summed E-state index contributed by atoms with van der Waals surface area (Å²) in [5.41, 5.74) is 3.41. The molecule has 1 fully saturated rings. The molecule has 5 nitrogen and oxygen atoms in total. The van der Waals surface area contributed by atoms with Gasteiger partial charge in [0, 0.05) is 24.2 Å². The van der Waals surface area contributed by atoms with E-state index in [1.165, 1.54) is 11.3 Å². The SMILES string of the molecule is Cc1cccc2sc(NC(=O)c3ccc(N4CCCCC4=O)cc3)nc12. The second-order valence-corrected chi connectivity index (χ2v) is 7.47. The molecule has 0 radical (unpaired) electrons. The Balaban J connectivity index is 1.50. The summed E-state index contributed by atoms with van der Waals surface area (Å²) in [7, 11) is 0. The number of carbonyl (C=O) groups excluding carboxylic acids is 2. The standard InChI is InChI=1S/C20H19N3O2S/c1-13-5-4-6-16-18(13)21-20(26-16)22-19(25)14-8-10-15(11-9-14)23-12-3-2-7-17(23)24/h4-6,8-11H,2-3,7,12H2,1H3,(H,21,22,25). The number of amides is 2. The van der Waals surface area contributed by atoms with Crippen molar-refractivity contribution in [2.75, 3.05) is 16.8 Å². The maximum atomic E-state index is 12.5. The predicted molar refractivity (Wildman–Crippen MR) is 105 cm³/mol. The number of carbonyl (C=O) groups is 2. The van der Waals surface area contributed by atoms with E-state index in [1.807, 2.05) is 37.3 Å². The molecular formula is C20H19N3O2S. The first-order valence-electron chi connectivity index (χ1n) is 8.70. The Bertz CT molecular complexity index is 978. The van der Waals surface area contributed by atoms with E-state index in [0.29, 0.717) is 17.1 Å². The number of anilines is 2. The van der Waals surface area contributed by atoms with Crippen molar-refractivity contribution in [1.82, 2.24) is 4.98 Å².